The van der Waals surface area contributed by atoms with Crippen LogP contribution in [0.3, 0.4) is 0 Å². The first-order valence-electron chi connectivity index (χ1n) is 4.02. The van der Waals surface area contributed by atoms with E-state index >= 15 is 0 Å². The number of hydrogen-bond donors (Lipinski definition) is 4. The summed E-state index contributed by atoms with van der Waals surface area (Å²) in [6.07, 6.45) is 0. The van der Waals surface area contributed by atoms with Gasteiger partial charge in [-0.3, -0.25) is 9.59 Å². The Morgan fingerprint density at radius 2 is 1.67 bits per heavy atom. The van der Waals surface area contributed by atoms with Gasteiger partial charge in [0.1, 0.15) is 18.0 Å². The van der Waals surface area contributed by atoms with Crippen molar-refractivity contribution >= 4 is 11.9 Å². The number of carbonyl (C=O) groups is 2. The lowest BCUT2D eigenvalue weighted by Gasteiger charge is -2.03. The van der Waals surface area contributed by atoms with E-state index in [9.17, 15) is 9.59 Å². The zero-order valence-corrected chi connectivity index (χ0v) is 7.60. The first kappa shape index (κ1) is 10.8. The molecule has 1 amide bonds. The Balaban J connectivity index is 2.77. The van der Waals surface area contributed by atoms with E-state index in [1.807, 2.05) is 0 Å². The summed E-state index contributed by atoms with van der Waals surface area (Å²) in [5.74, 6) is -2.39. The number of rotatable bonds is 3. The third-order valence-electron chi connectivity index (χ3n) is 1.56. The quantitative estimate of drug-likeness (QED) is 0.559. The Labute approximate surface area is 84.8 Å². The summed E-state index contributed by atoms with van der Waals surface area (Å²) >= 11 is 0. The van der Waals surface area contributed by atoms with Crippen LogP contribution in [0.15, 0.2) is 18.2 Å². The summed E-state index contributed by atoms with van der Waals surface area (Å²) in [5.41, 5.74) is -0.00579. The van der Waals surface area contributed by atoms with Crippen LogP contribution >= 0.6 is 0 Å². The van der Waals surface area contributed by atoms with E-state index in [2.05, 4.69) is 5.32 Å². The van der Waals surface area contributed by atoms with Gasteiger partial charge in [-0.25, -0.2) is 0 Å². The summed E-state index contributed by atoms with van der Waals surface area (Å²) in [4.78, 5) is 21.4. The number of hydrogen-bond acceptors (Lipinski definition) is 4. The molecule has 0 unspecified atom stereocenters. The molecule has 0 saturated heterocycles. The van der Waals surface area contributed by atoms with Crippen molar-refractivity contribution in [1.82, 2.24) is 5.32 Å². The second-order valence-corrected chi connectivity index (χ2v) is 2.81. The number of carboxylic acids is 1. The number of aliphatic carboxylic acids is 1. The van der Waals surface area contributed by atoms with Gasteiger partial charge in [0.25, 0.3) is 5.91 Å². The molecule has 0 aromatic heterocycles. The maximum atomic E-state index is 11.3. The van der Waals surface area contributed by atoms with E-state index in [1.165, 1.54) is 0 Å². The number of phenolic OH excluding ortho intramolecular Hbond substituents is 2. The van der Waals surface area contributed by atoms with Gasteiger partial charge >= 0.3 is 5.97 Å². The standard InChI is InChI=1S/C9H9NO5/c11-6-1-5(2-7(12)3-6)9(15)10-4-8(13)14/h1-3,11-12H,4H2,(H,10,15)(H,13,14). The highest BCUT2D eigenvalue weighted by Gasteiger charge is 2.09. The van der Waals surface area contributed by atoms with Crippen LogP contribution in [-0.2, 0) is 4.79 Å². The second-order valence-electron chi connectivity index (χ2n) is 2.81. The highest BCUT2D eigenvalue weighted by atomic mass is 16.4. The summed E-state index contributed by atoms with van der Waals surface area (Å²) in [6.45, 7) is -0.519. The molecule has 15 heavy (non-hydrogen) atoms. The fourth-order valence-electron chi connectivity index (χ4n) is 0.984. The molecule has 6 heteroatoms. The van der Waals surface area contributed by atoms with Crippen LogP contribution in [0, 0.1) is 0 Å². The predicted molar refractivity (Wildman–Crippen MR) is 49.7 cm³/mol. The van der Waals surface area contributed by atoms with Gasteiger partial charge in [0.15, 0.2) is 0 Å². The molecule has 0 fully saturated rings. The second kappa shape index (κ2) is 4.32. The lowest BCUT2D eigenvalue weighted by atomic mass is 10.2. The summed E-state index contributed by atoms with van der Waals surface area (Å²) < 4.78 is 0. The van der Waals surface area contributed by atoms with Crippen LogP contribution < -0.4 is 5.32 Å². The number of carbonyl (C=O) groups excluding carboxylic acids is 1. The molecule has 4 N–H and O–H groups in total. The fraction of sp³-hybridized carbons (Fsp3) is 0.111. The Morgan fingerprint density at radius 3 is 2.13 bits per heavy atom. The Kier molecular flexibility index (Phi) is 3.12. The normalized spacial score (nSPS) is 9.60. The van der Waals surface area contributed by atoms with Crippen molar-refractivity contribution in [2.45, 2.75) is 0 Å². The van der Waals surface area contributed by atoms with Gasteiger partial charge in [0, 0.05) is 11.6 Å². The van der Waals surface area contributed by atoms with Crippen molar-refractivity contribution in [2.75, 3.05) is 6.54 Å². The average Bonchev–Trinajstić information content (AvgIpc) is 2.12. The Hall–Kier alpha value is -2.24. The smallest absolute Gasteiger partial charge is 0.322 e. The van der Waals surface area contributed by atoms with Gasteiger partial charge in [-0.1, -0.05) is 0 Å². The minimum atomic E-state index is -1.17. The molecule has 0 radical (unpaired) electrons. The van der Waals surface area contributed by atoms with Crippen molar-refractivity contribution in [3.05, 3.63) is 23.8 Å². The van der Waals surface area contributed by atoms with E-state index in [4.69, 9.17) is 15.3 Å². The number of nitrogens with one attached hydrogen (secondary N) is 1. The third-order valence-corrected chi connectivity index (χ3v) is 1.56. The van der Waals surface area contributed by atoms with Crippen molar-refractivity contribution < 1.29 is 24.9 Å². The molecular formula is C9H9NO5. The van der Waals surface area contributed by atoms with Crippen LogP contribution in [0.2, 0.25) is 0 Å². The van der Waals surface area contributed by atoms with Crippen LogP contribution in [0.1, 0.15) is 10.4 Å². The monoisotopic (exact) mass is 211 g/mol. The molecular weight excluding hydrogens is 202 g/mol. The maximum Gasteiger partial charge on any atom is 0.322 e. The molecule has 0 aliphatic heterocycles. The van der Waals surface area contributed by atoms with Crippen molar-refractivity contribution in [3.63, 3.8) is 0 Å². The predicted octanol–water partition coefficient (Wildman–Crippen LogP) is -0.0878. The van der Waals surface area contributed by atoms with E-state index < -0.39 is 18.4 Å². The molecule has 0 atom stereocenters. The van der Waals surface area contributed by atoms with Crippen molar-refractivity contribution in [1.29, 1.82) is 0 Å². The molecule has 0 spiro atoms. The summed E-state index contributed by atoms with van der Waals surface area (Å²) in [7, 11) is 0. The van der Waals surface area contributed by atoms with E-state index in [1.54, 1.807) is 0 Å². The largest absolute Gasteiger partial charge is 0.508 e. The topological polar surface area (TPSA) is 107 Å². The molecule has 0 aliphatic rings. The maximum absolute atomic E-state index is 11.3. The van der Waals surface area contributed by atoms with Crippen molar-refractivity contribution in [2.24, 2.45) is 0 Å². The molecule has 80 valence electrons. The number of benzene rings is 1. The minimum absolute atomic E-state index is 0.00579. The van der Waals surface area contributed by atoms with Gasteiger partial charge < -0.3 is 20.6 Å². The van der Waals surface area contributed by atoms with E-state index in [0.29, 0.717) is 0 Å². The number of aromatic hydroxyl groups is 2. The van der Waals surface area contributed by atoms with Gasteiger partial charge in [-0.15, -0.1) is 0 Å². The molecule has 1 aromatic carbocycles. The first-order chi connectivity index (χ1) is 6.99. The lowest BCUT2D eigenvalue weighted by molar-refractivity contribution is -0.135. The molecule has 0 heterocycles. The number of carboxylic acid groups (broad SMARTS) is 1. The van der Waals surface area contributed by atoms with Crippen LogP contribution in [0.5, 0.6) is 11.5 Å². The molecule has 1 aromatic rings. The van der Waals surface area contributed by atoms with Gasteiger partial charge in [0.05, 0.1) is 0 Å². The van der Waals surface area contributed by atoms with Gasteiger partial charge in [-0.05, 0) is 12.1 Å². The average molecular weight is 211 g/mol. The van der Waals surface area contributed by atoms with Crippen molar-refractivity contribution in [3.8, 4) is 11.5 Å². The zero-order chi connectivity index (χ0) is 11.4. The third kappa shape index (κ3) is 3.18. The fourth-order valence-corrected chi connectivity index (χ4v) is 0.984. The first-order valence-corrected chi connectivity index (χ1v) is 4.02. The SMILES string of the molecule is O=C(O)CNC(=O)c1cc(O)cc(O)c1. The lowest BCUT2D eigenvalue weighted by Crippen LogP contribution is -2.29. The zero-order valence-electron chi connectivity index (χ0n) is 7.60. The highest BCUT2D eigenvalue weighted by molar-refractivity contribution is 5.96. The van der Waals surface area contributed by atoms with Crippen LogP contribution in [0.4, 0.5) is 0 Å². The molecule has 0 aliphatic carbocycles. The number of amides is 1. The van der Waals surface area contributed by atoms with Gasteiger partial charge in [-0.2, -0.15) is 0 Å². The minimum Gasteiger partial charge on any atom is -0.508 e. The van der Waals surface area contributed by atoms with Gasteiger partial charge in [0.2, 0.25) is 0 Å². The summed E-state index contributed by atoms with van der Waals surface area (Å²) in [6, 6.07) is 3.31. The number of phenols is 2. The van der Waals surface area contributed by atoms with E-state index in [0.717, 1.165) is 18.2 Å². The Morgan fingerprint density at radius 1 is 1.13 bits per heavy atom. The molecule has 0 bridgehead atoms. The van der Waals surface area contributed by atoms with Crippen LogP contribution in [0.25, 0.3) is 0 Å². The summed E-state index contributed by atoms with van der Waals surface area (Å²) in [5, 5.41) is 28.5. The molecule has 6 nitrogen and oxygen atoms in total. The molecule has 0 saturated carbocycles. The highest BCUT2D eigenvalue weighted by Crippen LogP contribution is 2.19. The van der Waals surface area contributed by atoms with Crippen LogP contribution in [-0.4, -0.2) is 33.7 Å². The van der Waals surface area contributed by atoms with E-state index in [-0.39, 0.29) is 17.1 Å². The molecule has 1 rings (SSSR count). The Bertz CT molecular complexity index is 381.